The standard InChI is InChI=1S/C16H19F2N3/c17-14-7-11(9-19)8-15(18)16(14)21(13-4-5-13)10-12-3-1-2-6-20-12/h7-8,12-13,20H,1-6,10H2. The van der Waals surface area contributed by atoms with Crippen LogP contribution in [-0.4, -0.2) is 25.2 Å². The predicted molar refractivity (Wildman–Crippen MR) is 77.1 cm³/mol. The van der Waals surface area contributed by atoms with Gasteiger partial charge in [-0.15, -0.1) is 0 Å². The van der Waals surface area contributed by atoms with Crippen molar-refractivity contribution in [3.8, 4) is 6.07 Å². The van der Waals surface area contributed by atoms with Gasteiger partial charge in [0.25, 0.3) is 0 Å². The summed E-state index contributed by atoms with van der Waals surface area (Å²) in [5.74, 6) is -1.26. The molecule has 0 radical (unpaired) electrons. The maximum Gasteiger partial charge on any atom is 0.150 e. The highest BCUT2D eigenvalue weighted by atomic mass is 19.1. The molecule has 3 nitrogen and oxygen atoms in total. The summed E-state index contributed by atoms with van der Waals surface area (Å²) in [6.45, 7) is 1.60. The van der Waals surface area contributed by atoms with Crippen LogP contribution in [0.1, 0.15) is 37.7 Å². The number of nitrogens with zero attached hydrogens (tertiary/aromatic N) is 2. The van der Waals surface area contributed by atoms with E-state index in [2.05, 4.69) is 5.32 Å². The van der Waals surface area contributed by atoms with E-state index in [1.54, 1.807) is 6.07 Å². The molecule has 2 fully saturated rings. The fourth-order valence-corrected chi connectivity index (χ4v) is 3.03. The van der Waals surface area contributed by atoms with E-state index in [-0.39, 0.29) is 23.3 Å². The molecule has 0 amide bonds. The van der Waals surface area contributed by atoms with Gasteiger partial charge in [0.1, 0.15) is 5.69 Å². The molecule has 1 aliphatic carbocycles. The molecule has 1 unspecified atom stereocenters. The van der Waals surface area contributed by atoms with Crippen molar-refractivity contribution in [3.63, 3.8) is 0 Å². The lowest BCUT2D eigenvalue weighted by Gasteiger charge is -2.32. The third-order valence-corrected chi connectivity index (χ3v) is 4.25. The fraction of sp³-hybridized carbons (Fsp3) is 0.562. The normalized spacial score (nSPS) is 21.9. The van der Waals surface area contributed by atoms with Gasteiger partial charge in [0.15, 0.2) is 11.6 Å². The lowest BCUT2D eigenvalue weighted by atomic mass is 10.0. The minimum atomic E-state index is -0.630. The first-order valence-electron chi connectivity index (χ1n) is 7.58. The summed E-state index contributed by atoms with van der Waals surface area (Å²) in [5.41, 5.74) is 0.0594. The Bertz CT molecular complexity index is 534. The maximum absolute atomic E-state index is 14.2. The van der Waals surface area contributed by atoms with Gasteiger partial charge in [-0.3, -0.25) is 0 Å². The molecule has 112 valence electrons. The molecule has 21 heavy (non-hydrogen) atoms. The molecule has 1 aliphatic heterocycles. The van der Waals surface area contributed by atoms with E-state index in [9.17, 15) is 8.78 Å². The first-order chi connectivity index (χ1) is 10.2. The largest absolute Gasteiger partial charge is 0.362 e. The zero-order valence-electron chi connectivity index (χ0n) is 11.9. The molecule has 1 heterocycles. The van der Waals surface area contributed by atoms with Gasteiger partial charge in [0.2, 0.25) is 0 Å². The number of rotatable bonds is 4. The van der Waals surface area contributed by atoms with Crippen molar-refractivity contribution in [1.29, 1.82) is 5.26 Å². The molecule has 1 atom stereocenters. The van der Waals surface area contributed by atoms with Crippen molar-refractivity contribution in [2.45, 2.75) is 44.2 Å². The molecule has 1 N–H and O–H groups in total. The number of hydrogen-bond acceptors (Lipinski definition) is 3. The number of hydrogen-bond donors (Lipinski definition) is 1. The summed E-state index contributed by atoms with van der Waals surface area (Å²) in [6.07, 6.45) is 5.33. The quantitative estimate of drug-likeness (QED) is 0.927. The molecule has 5 heteroatoms. The van der Waals surface area contributed by atoms with Gasteiger partial charge in [0, 0.05) is 18.6 Å². The summed E-state index contributed by atoms with van der Waals surface area (Å²) >= 11 is 0. The maximum atomic E-state index is 14.2. The van der Waals surface area contributed by atoms with Crippen molar-refractivity contribution in [2.75, 3.05) is 18.0 Å². The molecule has 3 rings (SSSR count). The molecular formula is C16H19F2N3. The average Bonchev–Trinajstić information content (AvgIpc) is 3.31. The van der Waals surface area contributed by atoms with Crippen molar-refractivity contribution >= 4 is 5.69 Å². The van der Waals surface area contributed by atoms with Crippen molar-refractivity contribution < 1.29 is 8.78 Å². The summed E-state index contributed by atoms with van der Waals surface area (Å²) in [6, 6.07) is 4.56. The minimum Gasteiger partial charge on any atom is -0.362 e. The van der Waals surface area contributed by atoms with Gasteiger partial charge in [-0.25, -0.2) is 8.78 Å². The van der Waals surface area contributed by atoms with Crippen LogP contribution in [0.3, 0.4) is 0 Å². The predicted octanol–water partition coefficient (Wildman–Crippen LogP) is 2.95. The van der Waals surface area contributed by atoms with Gasteiger partial charge >= 0.3 is 0 Å². The van der Waals surface area contributed by atoms with Crippen LogP contribution >= 0.6 is 0 Å². The van der Waals surface area contributed by atoms with Crippen molar-refractivity contribution in [1.82, 2.24) is 5.32 Å². The number of benzene rings is 1. The average molecular weight is 291 g/mol. The van der Waals surface area contributed by atoms with Gasteiger partial charge < -0.3 is 10.2 Å². The van der Waals surface area contributed by atoms with Gasteiger partial charge in [-0.1, -0.05) is 6.42 Å². The van der Waals surface area contributed by atoms with Gasteiger partial charge in [-0.05, 0) is 44.4 Å². The molecule has 0 bridgehead atoms. The van der Waals surface area contributed by atoms with Crippen molar-refractivity contribution in [3.05, 3.63) is 29.3 Å². The van der Waals surface area contributed by atoms with Gasteiger partial charge in [-0.2, -0.15) is 5.26 Å². The highest BCUT2D eigenvalue weighted by molar-refractivity contribution is 5.54. The second kappa shape index (κ2) is 5.98. The Hall–Kier alpha value is -1.67. The molecule has 1 aromatic rings. The third kappa shape index (κ3) is 3.16. The summed E-state index contributed by atoms with van der Waals surface area (Å²) < 4.78 is 28.5. The Kier molecular flexibility index (Phi) is 4.07. The third-order valence-electron chi connectivity index (χ3n) is 4.25. The Balaban J connectivity index is 1.85. The lowest BCUT2D eigenvalue weighted by molar-refractivity contribution is 0.395. The fourth-order valence-electron chi connectivity index (χ4n) is 3.03. The van der Waals surface area contributed by atoms with Crippen LogP contribution in [0.5, 0.6) is 0 Å². The Morgan fingerprint density at radius 1 is 1.19 bits per heavy atom. The Morgan fingerprint density at radius 3 is 2.43 bits per heavy atom. The molecule has 0 aromatic heterocycles. The highest BCUT2D eigenvalue weighted by Crippen LogP contribution is 2.35. The number of nitriles is 1. The molecule has 1 aromatic carbocycles. The van der Waals surface area contributed by atoms with E-state index in [1.807, 2.05) is 4.90 Å². The van der Waals surface area contributed by atoms with Crippen molar-refractivity contribution in [2.24, 2.45) is 0 Å². The first kappa shape index (κ1) is 14.3. The van der Waals surface area contributed by atoms with Crippen LogP contribution in [0.15, 0.2) is 12.1 Å². The van der Waals surface area contributed by atoms with E-state index < -0.39 is 11.6 Å². The molecule has 2 aliphatic rings. The Labute approximate surface area is 123 Å². The van der Waals surface area contributed by atoms with Gasteiger partial charge in [0.05, 0.1) is 11.6 Å². The highest BCUT2D eigenvalue weighted by Gasteiger charge is 2.34. The zero-order valence-corrected chi connectivity index (χ0v) is 11.9. The van der Waals surface area contributed by atoms with E-state index >= 15 is 0 Å². The lowest BCUT2D eigenvalue weighted by Crippen LogP contribution is -2.45. The number of nitrogens with one attached hydrogen (secondary N) is 1. The van der Waals surface area contributed by atoms with Crippen LogP contribution in [0.2, 0.25) is 0 Å². The molecule has 0 spiro atoms. The molecule has 1 saturated heterocycles. The minimum absolute atomic E-state index is 0.0280. The number of piperidine rings is 1. The van der Waals surface area contributed by atoms with Crippen LogP contribution in [0.4, 0.5) is 14.5 Å². The van der Waals surface area contributed by atoms with E-state index in [0.717, 1.165) is 44.4 Å². The monoisotopic (exact) mass is 291 g/mol. The number of halogens is 2. The second-order valence-corrected chi connectivity index (χ2v) is 5.93. The van der Waals surface area contributed by atoms with Crippen LogP contribution < -0.4 is 10.2 Å². The number of anilines is 1. The zero-order chi connectivity index (χ0) is 14.8. The molecular weight excluding hydrogens is 272 g/mol. The first-order valence-corrected chi connectivity index (χ1v) is 7.58. The van der Waals surface area contributed by atoms with Crippen LogP contribution in [0, 0.1) is 23.0 Å². The SMILES string of the molecule is N#Cc1cc(F)c(N(CC2CCCCN2)C2CC2)c(F)c1. The van der Waals surface area contributed by atoms with E-state index in [0.29, 0.717) is 6.54 Å². The Morgan fingerprint density at radius 2 is 1.90 bits per heavy atom. The molecule has 1 saturated carbocycles. The summed E-state index contributed by atoms with van der Waals surface area (Å²) in [4.78, 5) is 1.86. The topological polar surface area (TPSA) is 39.1 Å². The second-order valence-electron chi connectivity index (χ2n) is 5.93. The van der Waals surface area contributed by atoms with E-state index in [1.165, 1.54) is 6.42 Å². The van der Waals surface area contributed by atoms with E-state index in [4.69, 9.17) is 5.26 Å². The smallest absolute Gasteiger partial charge is 0.150 e. The van der Waals surface area contributed by atoms with Crippen LogP contribution in [-0.2, 0) is 0 Å². The summed E-state index contributed by atoms with van der Waals surface area (Å²) in [5, 5.41) is 12.2. The summed E-state index contributed by atoms with van der Waals surface area (Å²) in [7, 11) is 0. The van der Waals surface area contributed by atoms with Crippen LogP contribution in [0.25, 0.3) is 0 Å².